The second kappa shape index (κ2) is 7.35. The Morgan fingerprint density at radius 1 is 0.962 bits per heavy atom. The molecule has 0 saturated heterocycles. The van der Waals surface area contributed by atoms with E-state index >= 15 is 0 Å². The van der Waals surface area contributed by atoms with Crippen LogP contribution in [0.3, 0.4) is 0 Å². The highest BCUT2D eigenvalue weighted by Gasteiger charge is 2.12. The van der Waals surface area contributed by atoms with Crippen LogP contribution in [0.4, 0.5) is 10.1 Å². The van der Waals surface area contributed by atoms with Crippen LogP contribution in [0.25, 0.3) is 11.3 Å². The summed E-state index contributed by atoms with van der Waals surface area (Å²) >= 11 is 0. The zero-order valence-electron chi connectivity index (χ0n) is 14.5. The van der Waals surface area contributed by atoms with Gasteiger partial charge in [0.1, 0.15) is 11.4 Å². The fourth-order valence-corrected chi connectivity index (χ4v) is 2.60. The lowest BCUT2D eigenvalue weighted by atomic mass is 10.0. The Morgan fingerprint density at radius 2 is 1.62 bits per heavy atom. The topological polar surface area (TPSA) is 62.0 Å². The molecule has 3 rings (SSSR count). The molecule has 0 unspecified atom stereocenters. The fraction of sp³-hybridized carbons (Fsp3) is 0.143. The maximum Gasteiger partial charge on any atom is 0.261 e. The smallest absolute Gasteiger partial charge is 0.261 e. The zero-order chi connectivity index (χ0) is 18.7. The molecule has 0 atom stereocenters. The van der Waals surface area contributed by atoms with Gasteiger partial charge in [-0.25, -0.2) is 4.39 Å². The molecule has 1 aromatic heterocycles. The lowest BCUT2D eigenvalue weighted by molar-refractivity contribution is 0.102. The maximum atomic E-state index is 13.0. The van der Waals surface area contributed by atoms with Gasteiger partial charge in [-0.2, -0.15) is 0 Å². The lowest BCUT2D eigenvalue weighted by Gasteiger charge is -2.09. The van der Waals surface area contributed by atoms with Gasteiger partial charge in [-0.05, 0) is 65.6 Å². The van der Waals surface area contributed by atoms with Gasteiger partial charge in [-0.3, -0.25) is 9.59 Å². The van der Waals surface area contributed by atoms with E-state index in [0.717, 1.165) is 0 Å². The van der Waals surface area contributed by atoms with E-state index in [2.05, 4.69) is 24.1 Å². The van der Waals surface area contributed by atoms with Crippen LogP contribution in [0.1, 0.15) is 35.7 Å². The van der Waals surface area contributed by atoms with E-state index in [1.54, 1.807) is 18.2 Å². The van der Waals surface area contributed by atoms with Crippen LogP contribution >= 0.6 is 0 Å². The normalized spacial score (nSPS) is 10.8. The van der Waals surface area contributed by atoms with Crippen molar-refractivity contribution in [3.05, 3.63) is 88.0 Å². The minimum absolute atomic E-state index is 0.0174. The van der Waals surface area contributed by atoms with Crippen LogP contribution in [0, 0.1) is 5.82 Å². The number of benzene rings is 2. The largest absolute Gasteiger partial charge is 0.322 e. The van der Waals surface area contributed by atoms with Crippen molar-refractivity contribution in [1.29, 1.82) is 0 Å². The van der Waals surface area contributed by atoms with Crippen LogP contribution < -0.4 is 10.9 Å². The van der Waals surface area contributed by atoms with Gasteiger partial charge in [-0.1, -0.05) is 26.0 Å². The van der Waals surface area contributed by atoms with E-state index in [1.807, 2.05) is 24.3 Å². The highest BCUT2D eigenvalue weighted by Crippen LogP contribution is 2.18. The highest BCUT2D eigenvalue weighted by atomic mass is 19.1. The van der Waals surface area contributed by atoms with E-state index in [9.17, 15) is 14.0 Å². The van der Waals surface area contributed by atoms with Crippen molar-refractivity contribution >= 4 is 11.6 Å². The average Bonchev–Trinajstić information content (AvgIpc) is 2.62. The molecule has 2 N–H and O–H groups in total. The van der Waals surface area contributed by atoms with Gasteiger partial charge in [0.2, 0.25) is 0 Å². The summed E-state index contributed by atoms with van der Waals surface area (Å²) in [6.45, 7) is 4.19. The molecule has 0 saturated carbocycles. The summed E-state index contributed by atoms with van der Waals surface area (Å²) in [5, 5.41) is 2.72. The van der Waals surface area contributed by atoms with Crippen molar-refractivity contribution in [2.45, 2.75) is 19.8 Å². The standard InChI is InChI=1S/C21H19FN2O2/c1-13(2)14-5-9-17(10-6-14)23-20(25)18-11-12-19(24-21(18)26)15-3-7-16(22)8-4-15/h3-13H,1-2H3,(H,23,25)(H,24,26). The summed E-state index contributed by atoms with van der Waals surface area (Å²) in [5.41, 5.74) is 2.51. The van der Waals surface area contributed by atoms with Crippen LogP contribution in [0.15, 0.2) is 65.5 Å². The molecule has 3 aromatic rings. The zero-order valence-corrected chi connectivity index (χ0v) is 14.5. The van der Waals surface area contributed by atoms with Crippen molar-refractivity contribution in [1.82, 2.24) is 4.98 Å². The number of carbonyl (C=O) groups excluding carboxylic acids is 1. The number of aromatic amines is 1. The van der Waals surface area contributed by atoms with Crippen LogP contribution in [0.2, 0.25) is 0 Å². The minimum Gasteiger partial charge on any atom is -0.322 e. The van der Waals surface area contributed by atoms with E-state index in [1.165, 1.54) is 23.8 Å². The van der Waals surface area contributed by atoms with E-state index in [-0.39, 0.29) is 11.4 Å². The minimum atomic E-state index is -0.497. The van der Waals surface area contributed by atoms with Gasteiger partial charge >= 0.3 is 0 Å². The van der Waals surface area contributed by atoms with Crippen LogP contribution in [0.5, 0.6) is 0 Å². The molecule has 1 amide bonds. The molecular formula is C21H19FN2O2. The van der Waals surface area contributed by atoms with E-state index < -0.39 is 11.5 Å². The van der Waals surface area contributed by atoms with Gasteiger partial charge in [0.25, 0.3) is 11.5 Å². The quantitative estimate of drug-likeness (QED) is 0.725. The number of nitrogens with one attached hydrogen (secondary N) is 2. The van der Waals surface area contributed by atoms with E-state index in [0.29, 0.717) is 22.9 Å². The number of aromatic nitrogens is 1. The Balaban J connectivity index is 1.79. The molecule has 26 heavy (non-hydrogen) atoms. The number of H-pyrrole nitrogens is 1. The molecule has 0 radical (unpaired) electrons. The molecule has 132 valence electrons. The van der Waals surface area contributed by atoms with Crippen LogP contribution in [-0.2, 0) is 0 Å². The summed E-state index contributed by atoms with van der Waals surface area (Å²) in [6, 6.07) is 16.4. The summed E-state index contributed by atoms with van der Waals surface area (Å²) in [7, 11) is 0. The monoisotopic (exact) mass is 350 g/mol. The highest BCUT2D eigenvalue weighted by molar-refractivity contribution is 6.04. The Kier molecular flexibility index (Phi) is 4.98. The molecular weight excluding hydrogens is 331 g/mol. The van der Waals surface area contributed by atoms with Crippen molar-refractivity contribution < 1.29 is 9.18 Å². The summed E-state index contributed by atoms with van der Waals surface area (Å²) in [5.74, 6) is -0.425. The molecule has 5 heteroatoms. The number of anilines is 1. The molecule has 0 bridgehead atoms. The third-order valence-electron chi connectivity index (χ3n) is 4.14. The van der Waals surface area contributed by atoms with Crippen molar-refractivity contribution in [2.75, 3.05) is 5.32 Å². The SMILES string of the molecule is CC(C)c1ccc(NC(=O)c2ccc(-c3ccc(F)cc3)[nH]c2=O)cc1. The summed E-state index contributed by atoms with van der Waals surface area (Å²) < 4.78 is 13.0. The predicted molar refractivity (Wildman–Crippen MR) is 101 cm³/mol. The predicted octanol–water partition coefficient (Wildman–Crippen LogP) is 4.56. The van der Waals surface area contributed by atoms with Gasteiger partial charge in [0.15, 0.2) is 0 Å². The number of carbonyl (C=O) groups is 1. The summed E-state index contributed by atoms with van der Waals surface area (Å²) in [4.78, 5) is 27.3. The number of pyridine rings is 1. The van der Waals surface area contributed by atoms with Crippen LogP contribution in [-0.4, -0.2) is 10.9 Å². The lowest BCUT2D eigenvalue weighted by Crippen LogP contribution is -2.23. The first-order valence-corrected chi connectivity index (χ1v) is 8.34. The first kappa shape index (κ1) is 17.6. The summed E-state index contributed by atoms with van der Waals surface area (Å²) in [6.07, 6.45) is 0. The molecule has 0 aliphatic rings. The number of rotatable bonds is 4. The molecule has 2 aromatic carbocycles. The Bertz CT molecular complexity index is 974. The molecule has 0 aliphatic heterocycles. The Labute approximate surface area is 150 Å². The van der Waals surface area contributed by atoms with Crippen molar-refractivity contribution in [3.8, 4) is 11.3 Å². The Hall–Kier alpha value is -3.21. The average molecular weight is 350 g/mol. The van der Waals surface area contributed by atoms with Gasteiger partial charge in [0.05, 0.1) is 0 Å². The number of hydrogen-bond acceptors (Lipinski definition) is 2. The molecule has 4 nitrogen and oxygen atoms in total. The molecule has 0 spiro atoms. The first-order chi connectivity index (χ1) is 12.4. The maximum absolute atomic E-state index is 13.0. The number of amides is 1. The third kappa shape index (κ3) is 3.88. The van der Waals surface area contributed by atoms with Gasteiger partial charge in [-0.15, -0.1) is 0 Å². The molecule has 0 fully saturated rings. The Morgan fingerprint density at radius 3 is 2.19 bits per heavy atom. The second-order valence-electron chi connectivity index (χ2n) is 6.35. The number of hydrogen-bond donors (Lipinski definition) is 2. The first-order valence-electron chi connectivity index (χ1n) is 8.34. The van der Waals surface area contributed by atoms with Crippen molar-refractivity contribution in [3.63, 3.8) is 0 Å². The van der Waals surface area contributed by atoms with E-state index in [4.69, 9.17) is 0 Å². The van der Waals surface area contributed by atoms with Gasteiger partial charge < -0.3 is 10.3 Å². The molecule has 0 aliphatic carbocycles. The van der Waals surface area contributed by atoms with Crippen molar-refractivity contribution in [2.24, 2.45) is 0 Å². The number of halogens is 1. The van der Waals surface area contributed by atoms with Gasteiger partial charge in [0, 0.05) is 11.4 Å². The molecule has 1 heterocycles. The third-order valence-corrected chi connectivity index (χ3v) is 4.14. The second-order valence-corrected chi connectivity index (χ2v) is 6.35. The fourth-order valence-electron chi connectivity index (χ4n) is 2.60.